The first-order valence-electron chi connectivity index (χ1n) is 8.41. The normalized spacial score (nSPS) is 11.2. The van der Waals surface area contributed by atoms with E-state index >= 15 is 0 Å². The fraction of sp³-hybridized carbons (Fsp3) is 0.143. The zero-order valence-corrected chi connectivity index (χ0v) is 15.4. The molecule has 5 heteroatoms. The highest BCUT2D eigenvalue weighted by atomic mass is 32.1. The fourth-order valence-electron chi connectivity index (χ4n) is 3.12. The molecule has 0 unspecified atom stereocenters. The van der Waals surface area contributed by atoms with Crippen LogP contribution in [0.1, 0.15) is 16.7 Å². The Balaban J connectivity index is 2.00. The highest BCUT2D eigenvalue weighted by Gasteiger charge is 2.16. The Morgan fingerprint density at radius 3 is 2.38 bits per heavy atom. The Morgan fingerprint density at radius 2 is 1.65 bits per heavy atom. The third-order valence-electron chi connectivity index (χ3n) is 4.64. The lowest BCUT2D eigenvalue weighted by molar-refractivity contribution is 0.714. The van der Waals surface area contributed by atoms with Crippen molar-refractivity contribution in [2.75, 3.05) is 0 Å². The van der Waals surface area contributed by atoms with Gasteiger partial charge in [0, 0.05) is 0 Å². The van der Waals surface area contributed by atoms with E-state index in [1.54, 1.807) is 4.57 Å². The summed E-state index contributed by atoms with van der Waals surface area (Å²) in [7, 11) is 0. The van der Waals surface area contributed by atoms with Gasteiger partial charge in [-0.15, -0.1) is 11.3 Å². The van der Waals surface area contributed by atoms with E-state index in [2.05, 4.69) is 0 Å². The Hall–Kier alpha value is -2.92. The quantitative estimate of drug-likeness (QED) is 0.555. The molecule has 0 amide bonds. The van der Waals surface area contributed by atoms with Crippen LogP contribution in [0.15, 0.2) is 69.6 Å². The molecule has 0 saturated heterocycles. The summed E-state index contributed by atoms with van der Waals surface area (Å²) in [6, 6.07) is 17.3. The summed E-state index contributed by atoms with van der Waals surface area (Å²) in [6.07, 6.45) is 0. The van der Waals surface area contributed by atoms with Gasteiger partial charge in [-0.3, -0.25) is 9.36 Å². The lowest BCUT2D eigenvalue weighted by Crippen LogP contribution is -2.38. The van der Waals surface area contributed by atoms with Gasteiger partial charge in [0.2, 0.25) is 0 Å². The lowest BCUT2D eigenvalue weighted by Gasteiger charge is -2.13. The molecule has 2 aromatic heterocycles. The van der Waals surface area contributed by atoms with E-state index < -0.39 is 0 Å². The molecule has 4 aromatic rings. The maximum atomic E-state index is 13.2. The van der Waals surface area contributed by atoms with Crippen LogP contribution in [-0.4, -0.2) is 9.13 Å². The van der Waals surface area contributed by atoms with E-state index in [4.69, 9.17) is 0 Å². The van der Waals surface area contributed by atoms with Crippen LogP contribution in [0.25, 0.3) is 15.9 Å². The number of rotatable bonds is 3. The van der Waals surface area contributed by atoms with Gasteiger partial charge in [-0.25, -0.2) is 9.36 Å². The van der Waals surface area contributed by atoms with Crippen LogP contribution in [0, 0.1) is 13.8 Å². The number of nitrogens with zero attached hydrogens (tertiary/aromatic N) is 2. The number of aryl methyl sites for hydroxylation is 2. The molecule has 0 radical (unpaired) electrons. The smallest absolute Gasteiger partial charge is 0.288 e. The van der Waals surface area contributed by atoms with Gasteiger partial charge >= 0.3 is 5.69 Å². The number of fused-ring (bicyclic) bond motifs is 1. The molecule has 0 fully saturated rings. The molecule has 0 saturated carbocycles. The Kier molecular flexibility index (Phi) is 4.09. The Morgan fingerprint density at radius 1 is 0.923 bits per heavy atom. The molecule has 0 aliphatic rings. The van der Waals surface area contributed by atoms with Crippen LogP contribution in [-0.2, 0) is 6.54 Å². The molecule has 0 aliphatic heterocycles. The van der Waals surface area contributed by atoms with Crippen molar-refractivity contribution in [1.82, 2.24) is 9.13 Å². The summed E-state index contributed by atoms with van der Waals surface area (Å²) in [5, 5.41) is 1.86. The highest BCUT2D eigenvalue weighted by Crippen LogP contribution is 2.18. The molecule has 0 aliphatic carbocycles. The van der Waals surface area contributed by atoms with Crippen LogP contribution in [0.5, 0.6) is 0 Å². The summed E-state index contributed by atoms with van der Waals surface area (Å²) in [4.78, 5) is 26.2. The number of hydrogen-bond acceptors (Lipinski definition) is 3. The van der Waals surface area contributed by atoms with Crippen LogP contribution < -0.4 is 11.2 Å². The largest absolute Gasteiger partial charge is 0.336 e. The molecule has 0 bridgehead atoms. The first-order chi connectivity index (χ1) is 12.6. The van der Waals surface area contributed by atoms with Gasteiger partial charge in [0.1, 0.15) is 4.70 Å². The van der Waals surface area contributed by atoms with Crippen molar-refractivity contribution in [3.63, 3.8) is 0 Å². The first-order valence-corrected chi connectivity index (χ1v) is 9.29. The molecule has 0 N–H and O–H groups in total. The van der Waals surface area contributed by atoms with Gasteiger partial charge in [-0.2, -0.15) is 0 Å². The van der Waals surface area contributed by atoms with E-state index in [1.165, 1.54) is 15.9 Å². The maximum Gasteiger partial charge on any atom is 0.336 e. The second-order valence-electron chi connectivity index (χ2n) is 6.41. The fourth-order valence-corrected chi connectivity index (χ4v) is 3.94. The van der Waals surface area contributed by atoms with Crippen LogP contribution in [0.4, 0.5) is 0 Å². The van der Waals surface area contributed by atoms with E-state index in [-0.39, 0.29) is 11.2 Å². The number of thiophene rings is 1. The molecule has 26 heavy (non-hydrogen) atoms. The minimum absolute atomic E-state index is 0.259. The molecule has 2 heterocycles. The first kappa shape index (κ1) is 16.5. The molecule has 4 nitrogen and oxygen atoms in total. The number of benzene rings is 2. The molecular weight excluding hydrogens is 344 g/mol. The van der Waals surface area contributed by atoms with Crippen molar-refractivity contribution >= 4 is 21.6 Å². The second kappa shape index (κ2) is 6.42. The molecular formula is C21H18N2O2S. The minimum Gasteiger partial charge on any atom is -0.288 e. The van der Waals surface area contributed by atoms with Crippen molar-refractivity contribution in [2.45, 2.75) is 20.4 Å². The number of aromatic nitrogens is 2. The third kappa shape index (κ3) is 2.70. The van der Waals surface area contributed by atoms with Crippen molar-refractivity contribution in [1.29, 1.82) is 0 Å². The third-order valence-corrected chi connectivity index (χ3v) is 5.53. The SMILES string of the molecule is Cc1ccc(-n2c(=O)c3sccc3n(Cc3ccccc3C)c2=O)cc1. The lowest BCUT2D eigenvalue weighted by atomic mass is 10.1. The summed E-state index contributed by atoms with van der Waals surface area (Å²) < 4.78 is 3.56. The van der Waals surface area contributed by atoms with Crippen LogP contribution in [0.2, 0.25) is 0 Å². The van der Waals surface area contributed by atoms with Gasteiger partial charge in [0.25, 0.3) is 5.56 Å². The van der Waals surface area contributed by atoms with E-state index in [0.717, 1.165) is 16.7 Å². The molecule has 0 atom stereocenters. The zero-order valence-electron chi connectivity index (χ0n) is 14.6. The Bertz CT molecular complexity index is 1210. The standard InChI is InChI=1S/C21H18N2O2S/c1-14-7-9-17(10-8-14)23-20(24)19-18(11-12-26-19)22(21(23)25)13-16-6-4-3-5-15(16)2/h3-12H,13H2,1-2H3. The predicted octanol–water partition coefficient (Wildman–Crippen LogP) is 3.88. The van der Waals surface area contributed by atoms with Gasteiger partial charge in [-0.05, 0) is 48.6 Å². The van der Waals surface area contributed by atoms with Gasteiger partial charge in [0.15, 0.2) is 0 Å². The predicted molar refractivity (Wildman–Crippen MR) is 107 cm³/mol. The monoisotopic (exact) mass is 362 g/mol. The van der Waals surface area contributed by atoms with Crippen molar-refractivity contribution in [3.05, 3.63) is 97.5 Å². The average Bonchev–Trinajstić information content (AvgIpc) is 3.12. The van der Waals surface area contributed by atoms with Crippen molar-refractivity contribution in [3.8, 4) is 5.69 Å². The molecule has 0 spiro atoms. The minimum atomic E-state index is -0.312. The van der Waals surface area contributed by atoms with Crippen molar-refractivity contribution < 1.29 is 0 Å². The summed E-state index contributed by atoms with van der Waals surface area (Å²) >= 11 is 1.37. The van der Waals surface area contributed by atoms with E-state index in [9.17, 15) is 9.59 Å². The molecule has 130 valence electrons. The topological polar surface area (TPSA) is 44.0 Å². The maximum absolute atomic E-state index is 13.2. The van der Waals surface area contributed by atoms with Crippen LogP contribution >= 0.6 is 11.3 Å². The summed E-state index contributed by atoms with van der Waals surface area (Å²) in [6.45, 7) is 4.44. The molecule has 4 rings (SSSR count). The van der Waals surface area contributed by atoms with Gasteiger partial charge in [-0.1, -0.05) is 42.0 Å². The highest BCUT2D eigenvalue weighted by molar-refractivity contribution is 7.17. The van der Waals surface area contributed by atoms with E-state index in [1.807, 2.05) is 73.8 Å². The summed E-state index contributed by atoms with van der Waals surface area (Å²) in [5.74, 6) is 0. The molecule has 2 aromatic carbocycles. The van der Waals surface area contributed by atoms with E-state index in [0.29, 0.717) is 22.4 Å². The van der Waals surface area contributed by atoms with Crippen molar-refractivity contribution in [2.24, 2.45) is 0 Å². The van der Waals surface area contributed by atoms with Gasteiger partial charge < -0.3 is 0 Å². The number of hydrogen-bond donors (Lipinski definition) is 0. The zero-order chi connectivity index (χ0) is 18.3. The summed E-state index contributed by atoms with van der Waals surface area (Å²) in [5.41, 5.74) is 3.99. The Labute approximate surface area is 154 Å². The van der Waals surface area contributed by atoms with Crippen LogP contribution in [0.3, 0.4) is 0 Å². The average molecular weight is 362 g/mol. The van der Waals surface area contributed by atoms with Gasteiger partial charge in [0.05, 0.1) is 17.7 Å². The second-order valence-corrected chi connectivity index (χ2v) is 7.32.